The molecule has 0 saturated carbocycles. The lowest BCUT2D eigenvalue weighted by molar-refractivity contribution is 0.0687. The van der Waals surface area contributed by atoms with Crippen molar-refractivity contribution in [3.05, 3.63) is 112 Å². The molecule has 1 unspecified atom stereocenters. The van der Waals surface area contributed by atoms with E-state index >= 15 is 0 Å². The highest BCUT2D eigenvalue weighted by molar-refractivity contribution is 5.87. The summed E-state index contributed by atoms with van der Waals surface area (Å²) in [5, 5.41) is 9.67. The number of carboxylic acids is 1. The van der Waals surface area contributed by atoms with Crippen molar-refractivity contribution in [2.75, 3.05) is 6.61 Å². The molecule has 0 aliphatic heterocycles. The molecule has 2 heterocycles. The largest absolute Gasteiger partial charge is 0.477 e. The van der Waals surface area contributed by atoms with Gasteiger partial charge >= 0.3 is 5.97 Å². The van der Waals surface area contributed by atoms with Crippen LogP contribution in [0.3, 0.4) is 0 Å². The third-order valence-corrected chi connectivity index (χ3v) is 5.52. The maximum Gasteiger partial charge on any atom is 0.354 e. The SMILES string of the molecule is Cc1ncc(C(COc2ccc(CCc3ccc(F)cc3)c(C(=O)O)n2)c2ccc(F)cc2)[nH]1. The fourth-order valence-corrected chi connectivity index (χ4v) is 3.71. The molecular formula is C26H23F2N3O3. The van der Waals surface area contributed by atoms with Gasteiger partial charge in [0, 0.05) is 18.0 Å². The first-order valence-electron chi connectivity index (χ1n) is 10.8. The standard InChI is InChI=1S/C26H23F2N3O3/c1-16-29-14-23(30-16)22(18-6-11-21(28)12-7-18)15-34-24-13-8-19(25(31-24)26(32)33)5-2-17-3-9-20(27)10-4-17/h3-4,6-14,22H,2,5,15H2,1H3,(H,29,30)(H,32,33). The molecule has 4 rings (SSSR count). The molecule has 8 heteroatoms. The molecule has 174 valence electrons. The topological polar surface area (TPSA) is 88.1 Å². The Morgan fingerprint density at radius 3 is 2.29 bits per heavy atom. The number of imidazole rings is 1. The molecule has 0 bridgehead atoms. The van der Waals surface area contributed by atoms with Crippen LogP contribution in [0.25, 0.3) is 0 Å². The molecule has 0 aliphatic carbocycles. The second-order valence-electron chi connectivity index (χ2n) is 7.93. The summed E-state index contributed by atoms with van der Waals surface area (Å²) in [6, 6.07) is 15.5. The molecule has 2 N–H and O–H groups in total. The smallest absolute Gasteiger partial charge is 0.354 e. The number of carboxylic acid groups (broad SMARTS) is 1. The number of ether oxygens (including phenoxy) is 1. The third-order valence-electron chi connectivity index (χ3n) is 5.52. The number of aromatic amines is 1. The highest BCUT2D eigenvalue weighted by Crippen LogP contribution is 2.25. The maximum absolute atomic E-state index is 13.4. The van der Waals surface area contributed by atoms with E-state index in [4.69, 9.17) is 4.74 Å². The molecule has 0 saturated heterocycles. The van der Waals surface area contributed by atoms with Gasteiger partial charge in [0.2, 0.25) is 5.88 Å². The summed E-state index contributed by atoms with van der Waals surface area (Å²) in [7, 11) is 0. The van der Waals surface area contributed by atoms with Crippen molar-refractivity contribution in [1.29, 1.82) is 0 Å². The third kappa shape index (κ3) is 5.64. The molecule has 0 amide bonds. The lowest BCUT2D eigenvalue weighted by Crippen LogP contribution is -2.15. The van der Waals surface area contributed by atoms with E-state index in [0.717, 1.165) is 22.6 Å². The van der Waals surface area contributed by atoms with Crippen LogP contribution >= 0.6 is 0 Å². The summed E-state index contributed by atoms with van der Waals surface area (Å²) in [4.78, 5) is 23.5. The number of aromatic carboxylic acids is 1. The Kier molecular flexibility index (Phi) is 6.96. The van der Waals surface area contributed by atoms with E-state index in [1.54, 1.807) is 42.6 Å². The van der Waals surface area contributed by atoms with Crippen LogP contribution < -0.4 is 4.74 Å². The molecule has 0 radical (unpaired) electrons. The van der Waals surface area contributed by atoms with Gasteiger partial charge in [0.05, 0.1) is 5.92 Å². The van der Waals surface area contributed by atoms with Crippen LogP contribution in [-0.2, 0) is 12.8 Å². The summed E-state index contributed by atoms with van der Waals surface area (Å²) in [5.41, 5.74) is 2.98. The van der Waals surface area contributed by atoms with Gasteiger partial charge < -0.3 is 14.8 Å². The Bertz CT molecular complexity index is 1270. The van der Waals surface area contributed by atoms with Crippen molar-refractivity contribution in [3.8, 4) is 5.88 Å². The predicted octanol–water partition coefficient (Wildman–Crippen LogP) is 5.09. The van der Waals surface area contributed by atoms with E-state index < -0.39 is 5.97 Å². The van der Waals surface area contributed by atoms with Crippen LogP contribution in [0.15, 0.2) is 66.9 Å². The number of carbonyl (C=O) groups is 1. The minimum atomic E-state index is -1.15. The van der Waals surface area contributed by atoms with Crippen molar-refractivity contribution >= 4 is 5.97 Å². The number of halogens is 2. The Hall–Kier alpha value is -4.07. The zero-order valence-electron chi connectivity index (χ0n) is 18.5. The minimum Gasteiger partial charge on any atom is -0.477 e. The van der Waals surface area contributed by atoms with Gasteiger partial charge in [0.25, 0.3) is 0 Å². The molecule has 6 nitrogen and oxygen atoms in total. The number of aryl methyl sites for hydroxylation is 3. The number of H-pyrrole nitrogens is 1. The number of nitrogens with one attached hydrogen (secondary N) is 1. The van der Waals surface area contributed by atoms with E-state index in [0.29, 0.717) is 18.4 Å². The molecule has 2 aromatic carbocycles. The summed E-state index contributed by atoms with van der Waals surface area (Å²) >= 11 is 0. The van der Waals surface area contributed by atoms with E-state index in [1.807, 2.05) is 6.92 Å². The second kappa shape index (κ2) is 10.2. The summed E-state index contributed by atoms with van der Waals surface area (Å²) in [5.74, 6) is -1.19. The number of hydrogen-bond acceptors (Lipinski definition) is 4. The molecule has 1 atom stereocenters. The van der Waals surface area contributed by atoms with Crippen LogP contribution in [0, 0.1) is 18.6 Å². The summed E-state index contributed by atoms with van der Waals surface area (Å²) in [6.45, 7) is 1.98. The van der Waals surface area contributed by atoms with Gasteiger partial charge in [-0.25, -0.2) is 23.5 Å². The zero-order chi connectivity index (χ0) is 24.1. The highest BCUT2D eigenvalue weighted by Gasteiger charge is 2.19. The van der Waals surface area contributed by atoms with Gasteiger partial charge in [0.1, 0.15) is 24.1 Å². The molecule has 2 aromatic heterocycles. The monoisotopic (exact) mass is 463 g/mol. The molecule has 34 heavy (non-hydrogen) atoms. The Labute approximate surface area is 195 Å². The normalized spacial score (nSPS) is 11.9. The number of rotatable bonds is 9. The number of nitrogens with zero attached hydrogens (tertiary/aromatic N) is 2. The van der Waals surface area contributed by atoms with Crippen molar-refractivity contribution in [1.82, 2.24) is 15.0 Å². The molecular weight excluding hydrogens is 440 g/mol. The fourth-order valence-electron chi connectivity index (χ4n) is 3.71. The van der Waals surface area contributed by atoms with Gasteiger partial charge in [-0.2, -0.15) is 0 Å². The van der Waals surface area contributed by atoms with E-state index in [1.165, 1.54) is 24.3 Å². The van der Waals surface area contributed by atoms with Crippen molar-refractivity contribution in [2.24, 2.45) is 0 Å². The van der Waals surface area contributed by atoms with E-state index in [9.17, 15) is 18.7 Å². The Morgan fingerprint density at radius 2 is 1.68 bits per heavy atom. The fraction of sp³-hybridized carbons (Fsp3) is 0.192. The first-order valence-corrected chi connectivity index (χ1v) is 10.8. The zero-order valence-corrected chi connectivity index (χ0v) is 18.5. The van der Waals surface area contributed by atoms with Gasteiger partial charge in [-0.3, -0.25) is 0 Å². The minimum absolute atomic E-state index is 0.0877. The van der Waals surface area contributed by atoms with Crippen molar-refractivity contribution < 1.29 is 23.4 Å². The van der Waals surface area contributed by atoms with E-state index in [2.05, 4.69) is 15.0 Å². The van der Waals surface area contributed by atoms with Crippen molar-refractivity contribution in [3.63, 3.8) is 0 Å². The average Bonchev–Trinajstić information content (AvgIpc) is 3.26. The Morgan fingerprint density at radius 1 is 1.00 bits per heavy atom. The number of pyridine rings is 1. The summed E-state index contributed by atoms with van der Waals surface area (Å²) < 4.78 is 32.4. The lowest BCUT2D eigenvalue weighted by atomic mass is 9.97. The molecule has 4 aromatic rings. The molecule has 0 spiro atoms. The van der Waals surface area contributed by atoms with Crippen LogP contribution in [0.1, 0.15) is 44.6 Å². The highest BCUT2D eigenvalue weighted by atomic mass is 19.1. The number of hydrogen-bond donors (Lipinski definition) is 2. The molecule has 0 aliphatic rings. The first kappa shape index (κ1) is 23.1. The second-order valence-corrected chi connectivity index (χ2v) is 7.93. The van der Waals surface area contributed by atoms with Gasteiger partial charge in [-0.1, -0.05) is 30.3 Å². The maximum atomic E-state index is 13.4. The van der Waals surface area contributed by atoms with Crippen LogP contribution in [0.5, 0.6) is 5.88 Å². The molecule has 0 fully saturated rings. The quantitative estimate of drug-likeness (QED) is 0.361. The van der Waals surface area contributed by atoms with Crippen LogP contribution in [0.4, 0.5) is 8.78 Å². The lowest BCUT2D eigenvalue weighted by Gasteiger charge is -2.17. The van der Waals surface area contributed by atoms with Gasteiger partial charge in [-0.15, -0.1) is 0 Å². The van der Waals surface area contributed by atoms with Gasteiger partial charge in [-0.05, 0) is 60.7 Å². The van der Waals surface area contributed by atoms with Crippen molar-refractivity contribution in [2.45, 2.75) is 25.7 Å². The number of aromatic nitrogens is 3. The number of benzene rings is 2. The van der Waals surface area contributed by atoms with Crippen LogP contribution in [-0.4, -0.2) is 32.6 Å². The summed E-state index contributed by atoms with van der Waals surface area (Å²) in [6.07, 6.45) is 2.68. The van der Waals surface area contributed by atoms with Gasteiger partial charge in [0.15, 0.2) is 5.69 Å². The predicted molar refractivity (Wildman–Crippen MR) is 122 cm³/mol. The van der Waals surface area contributed by atoms with E-state index in [-0.39, 0.29) is 35.7 Å². The first-order chi connectivity index (χ1) is 16.4. The average molecular weight is 463 g/mol. The van der Waals surface area contributed by atoms with Crippen LogP contribution in [0.2, 0.25) is 0 Å². The Balaban J connectivity index is 1.51.